The molecular weight excluding hydrogens is 210 g/mol. The molecule has 1 rings (SSSR count). The summed E-state index contributed by atoms with van der Waals surface area (Å²) in [6.45, 7) is 9.37. The van der Waals surface area contributed by atoms with Crippen molar-refractivity contribution >= 4 is 6.09 Å². The molecule has 1 unspecified atom stereocenters. The van der Waals surface area contributed by atoms with Crippen molar-refractivity contribution in [2.45, 2.75) is 52.6 Å². The first-order valence-electron chi connectivity index (χ1n) is 5.51. The Hall–Kier alpha value is -0.810. The Balaban J connectivity index is 2.69. The van der Waals surface area contributed by atoms with Crippen LogP contribution in [0.25, 0.3) is 0 Å². The van der Waals surface area contributed by atoms with Gasteiger partial charge in [-0.25, -0.2) is 4.79 Å². The molecule has 94 valence electrons. The molecule has 0 spiro atoms. The van der Waals surface area contributed by atoms with E-state index in [2.05, 4.69) is 0 Å². The van der Waals surface area contributed by atoms with Crippen LogP contribution in [0.1, 0.15) is 34.6 Å². The van der Waals surface area contributed by atoms with Crippen molar-refractivity contribution in [2.75, 3.05) is 6.73 Å². The lowest BCUT2D eigenvalue weighted by molar-refractivity contribution is -0.0729. The SMILES string of the molecule is CC(C)[C@H]1C(O)OCN1C(=O)OC(C)(C)C. The monoisotopic (exact) mass is 231 g/mol. The van der Waals surface area contributed by atoms with Crippen LogP contribution in [0.2, 0.25) is 0 Å². The second-order valence-electron chi connectivity index (χ2n) is 5.37. The molecule has 5 heteroatoms. The third kappa shape index (κ3) is 3.09. The number of aliphatic hydroxyl groups is 1. The standard InChI is InChI=1S/C11H21NO4/c1-7(2)8-9(13)15-6-12(8)10(14)16-11(3,4)5/h7-9,13H,6H2,1-5H3/t8-,9?/m0/s1. The van der Waals surface area contributed by atoms with Crippen LogP contribution in [0.15, 0.2) is 0 Å². The van der Waals surface area contributed by atoms with Gasteiger partial charge in [0.1, 0.15) is 12.3 Å². The van der Waals surface area contributed by atoms with E-state index in [0.717, 1.165) is 0 Å². The van der Waals surface area contributed by atoms with Gasteiger partial charge in [0, 0.05) is 0 Å². The molecule has 0 aromatic rings. The van der Waals surface area contributed by atoms with Crippen molar-refractivity contribution in [2.24, 2.45) is 5.92 Å². The minimum atomic E-state index is -0.924. The summed E-state index contributed by atoms with van der Waals surface area (Å²) in [6.07, 6.45) is -1.37. The van der Waals surface area contributed by atoms with Gasteiger partial charge in [0.25, 0.3) is 0 Å². The largest absolute Gasteiger partial charge is 0.444 e. The van der Waals surface area contributed by atoms with Crippen molar-refractivity contribution in [1.82, 2.24) is 4.90 Å². The van der Waals surface area contributed by atoms with E-state index in [1.807, 2.05) is 34.6 Å². The Labute approximate surface area is 96.3 Å². The van der Waals surface area contributed by atoms with Gasteiger partial charge in [0.05, 0.1) is 6.04 Å². The summed E-state index contributed by atoms with van der Waals surface area (Å²) >= 11 is 0. The molecule has 1 fully saturated rings. The molecule has 1 aliphatic rings. The molecule has 0 aliphatic carbocycles. The number of carbonyl (C=O) groups excluding carboxylic acids is 1. The third-order valence-corrected chi connectivity index (χ3v) is 2.35. The number of aliphatic hydroxyl groups excluding tert-OH is 1. The number of hydrogen-bond acceptors (Lipinski definition) is 4. The zero-order valence-electron chi connectivity index (χ0n) is 10.6. The lowest BCUT2D eigenvalue weighted by atomic mass is 10.0. The lowest BCUT2D eigenvalue weighted by Crippen LogP contribution is -2.45. The lowest BCUT2D eigenvalue weighted by Gasteiger charge is -2.29. The molecule has 16 heavy (non-hydrogen) atoms. The minimum absolute atomic E-state index is 0.0823. The number of carbonyl (C=O) groups is 1. The Morgan fingerprint density at radius 3 is 2.50 bits per heavy atom. The predicted molar refractivity (Wildman–Crippen MR) is 58.7 cm³/mol. The summed E-state index contributed by atoms with van der Waals surface area (Å²) in [5, 5.41) is 9.61. The molecule has 1 aliphatic heterocycles. The number of amides is 1. The second kappa shape index (κ2) is 4.59. The fourth-order valence-corrected chi connectivity index (χ4v) is 1.68. The summed E-state index contributed by atoms with van der Waals surface area (Å²) in [6, 6.07) is -0.338. The summed E-state index contributed by atoms with van der Waals surface area (Å²) in [5.41, 5.74) is -0.536. The molecule has 1 heterocycles. The summed E-state index contributed by atoms with van der Waals surface area (Å²) < 4.78 is 10.3. The molecule has 0 aromatic carbocycles. The Kier molecular flexibility index (Phi) is 3.80. The van der Waals surface area contributed by atoms with Gasteiger partial charge >= 0.3 is 6.09 Å². The zero-order chi connectivity index (χ0) is 12.5. The summed E-state index contributed by atoms with van der Waals surface area (Å²) in [4.78, 5) is 13.3. The molecule has 5 nitrogen and oxygen atoms in total. The first-order valence-corrected chi connectivity index (χ1v) is 5.51. The molecular formula is C11H21NO4. The third-order valence-electron chi connectivity index (χ3n) is 2.35. The van der Waals surface area contributed by atoms with E-state index in [1.165, 1.54) is 4.90 Å². The van der Waals surface area contributed by atoms with Gasteiger partial charge in [0.15, 0.2) is 6.29 Å². The van der Waals surface area contributed by atoms with Crippen LogP contribution in [0.4, 0.5) is 4.79 Å². The van der Waals surface area contributed by atoms with E-state index >= 15 is 0 Å². The van der Waals surface area contributed by atoms with Gasteiger partial charge in [-0.1, -0.05) is 13.8 Å². The van der Waals surface area contributed by atoms with Crippen LogP contribution in [-0.2, 0) is 9.47 Å². The van der Waals surface area contributed by atoms with E-state index in [0.29, 0.717) is 0 Å². The van der Waals surface area contributed by atoms with E-state index < -0.39 is 18.0 Å². The molecule has 1 N–H and O–H groups in total. The normalized spacial score (nSPS) is 26.3. The van der Waals surface area contributed by atoms with Gasteiger partial charge in [-0.3, -0.25) is 4.90 Å². The van der Waals surface area contributed by atoms with Gasteiger partial charge in [0.2, 0.25) is 0 Å². The molecule has 0 bridgehead atoms. The maximum absolute atomic E-state index is 11.8. The molecule has 0 radical (unpaired) electrons. The highest BCUT2D eigenvalue weighted by atomic mass is 16.6. The van der Waals surface area contributed by atoms with Gasteiger partial charge in [-0.15, -0.1) is 0 Å². The van der Waals surface area contributed by atoms with Crippen LogP contribution < -0.4 is 0 Å². The number of hydrogen-bond donors (Lipinski definition) is 1. The second-order valence-corrected chi connectivity index (χ2v) is 5.37. The van der Waals surface area contributed by atoms with Gasteiger partial charge in [-0.05, 0) is 26.7 Å². The van der Waals surface area contributed by atoms with E-state index in [4.69, 9.17) is 9.47 Å². The average Bonchev–Trinajstić information content (AvgIpc) is 2.43. The first-order chi connectivity index (χ1) is 7.22. The summed E-state index contributed by atoms with van der Waals surface area (Å²) in [5.74, 6) is 0.116. The summed E-state index contributed by atoms with van der Waals surface area (Å²) in [7, 11) is 0. The molecule has 1 amide bonds. The quantitative estimate of drug-likeness (QED) is 0.744. The van der Waals surface area contributed by atoms with Crippen molar-refractivity contribution < 1.29 is 19.4 Å². The molecule has 0 saturated carbocycles. The number of rotatable bonds is 1. The minimum Gasteiger partial charge on any atom is -0.444 e. The van der Waals surface area contributed by atoms with Crippen LogP contribution >= 0.6 is 0 Å². The van der Waals surface area contributed by atoms with Crippen molar-refractivity contribution in [3.05, 3.63) is 0 Å². The van der Waals surface area contributed by atoms with Crippen LogP contribution in [0, 0.1) is 5.92 Å². The van der Waals surface area contributed by atoms with Crippen LogP contribution in [-0.4, -0.2) is 40.8 Å². The van der Waals surface area contributed by atoms with Crippen LogP contribution in [0.5, 0.6) is 0 Å². The highest BCUT2D eigenvalue weighted by molar-refractivity contribution is 5.68. The molecule has 0 aromatic heterocycles. The highest BCUT2D eigenvalue weighted by Gasteiger charge is 2.40. The van der Waals surface area contributed by atoms with Crippen molar-refractivity contribution in [3.63, 3.8) is 0 Å². The fourth-order valence-electron chi connectivity index (χ4n) is 1.68. The number of nitrogens with zero attached hydrogens (tertiary/aromatic N) is 1. The maximum Gasteiger partial charge on any atom is 0.412 e. The Bertz CT molecular complexity index is 259. The zero-order valence-corrected chi connectivity index (χ0v) is 10.6. The van der Waals surface area contributed by atoms with E-state index in [9.17, 15) is 9.90 Å². The average molecular weight is 231 g/mol. The van der Waals surface area contributed by atoms with Gasteiger partial charge < -0.3 is 14.6 Å². The van der Waals surface area contributed by atoms with E-state index in [-0.39, 0.29) is 18.7 Å². The van der Waals surface area contributed by atoms with Crippen LogP contribution in [0.3, 0.4) is 0 Å². The van der Waals surface area contributed by atoms with Crippen molar-refractivity contribution in [1.29, 1.82) is 0 Å². The maximum atomic E-state index is 11.8. The molecule has 1 saturated heterocycles. The highest BCUT2D eigenvalue weighted by Crippen LogP contribution is 2.24. The molecule has 2 atom stereocenters. The predicted octanol–water partition coefficient (Wildman–Crippen LogP) is 1.55. The van der Waals surface area contributed by atoms with E-state index in [1.54, 1.807) is 0 Å². The van der Waals surface area contributed by atoms with Crippen molar-refractivity contribution in [3.8, 4) is 0 Å². The Morgan fingerprint density at radius 2 is 2.06 bits per heavy atom. The first kappa shape index (κ1) is 13.3. The number of ether oxygens (including phenoxy) is 2. The Morgan fingerprint density at radius 1 is 1.50 bits per heavy atom. The smallest absolute Gasteiger partial charge is 0.412 e. The topological polar surface area (TPSA) is 59.0 Å². The fraction of sp³-hybridized carbons (Fsp3) is 0.909. The van der Waals surface area contributed by atoms with Gasteiger partial charge in [-0.2, -0.15) is 0 Å².